The van der Waals surface area contributed by atoms with E-state index in [1.54, 1.807) is 0 Å². The maximum atomic E-state index is 4.77. The molecule has 0 aliphatic heterocycles. The number of nitrogens with one attached hydrogen (secondary N) is 1. The van der Waals surface area contributed by atoms with Crippen molar-refractivity contribution >= 4 is 0 Å². The smallest absolute Gasteiger partial charge is 0.131 e. The van der Waals surface area contributed by atoms with Crippen molar-refractivity contribution in [3.63, 3.8) is 0 Å². The van der Waals surface area contributed by atoms with Crippen LogP contribution in [0.3, 0.4) is 0 Å². The molecule has 1 heterocycles. The van der Waals surface area contributed by atoms with E-state index in [-0.39, 0.29) is 0 Å². The van der Waals surface area contributed by atoms with E-state index in [1.807, 2.05) is 7.05 Å². The maximum absolute atomic E-state index is 4.77. The van der Waals surface area contributed by atoms with Gasteiger partial charge in [0.2, 0.25) is 0 Å². The molecule has 0 radical (unpaired) electrons. The summed E-state index contributed by atoms with van der Waals surface area (Å²) in [7, 11) is 2.02. The van der Waals surface area contributed by atoms with E-state index in [0.29, 0.717) is 11.8 Å². The Morgan fingerprint density at radius 3 is 2.75 bits per heavy atom. The molecule has 0 saturated heterocycles. The van der Waals surface area contributed by atoms with Gasteiger partial charge in [-0.2, -0.15) is 0 Å². The summed E-state index contributed by atoms with van der Waals surface area (Å²) >= 11 is 0. The van der Waals surface area contributed by atoms with Crippen LogP contribution in [-0.2, 0) is 6.42 Å². The van der Waals surface area contributed by atoms with E-state index in [1.165, 1.54) is 36.2 Å². The van der Waals surface area contributed by atoms with Crippen LogP contribution in [0.5, 0.6) is 0 Å². The van der Waals surface area contributed by atoms with Gasteiger partial charge in [0.05, 0.1) is 0 Å². The van der Waals surface area contributed by atoms with Gasteiger partial charge in [-0.3, -0.25) is 0 Å². The molecule has 0 bridgehead atoms. The van der Waals surface area contributed by atoms with Crippen LogP contribution < -0.4 is 5.32 Å². The van der Waals surface area contributed by atoms with Gasteiger partial charge in [-0.25, -0.2) is 9.97 Å². The van der Waals surface area contributed by atoms with Crippen molar-refractivity contribution in [2.24, 2.45) is 0 Å². The Morgan fingerprint density at radius 1 is 1.25 bits per heavy atom. The van der Waals surface area contributed by atoms with Gasteiger partial charge in [-0.05, 0) is 45.2 Å². The fourth-order valence-corrected chi connectivity index (χ4v) is 2.82. The molecule has 1 fully saturated rings. The minimum atomic E-state index is 0.633. The molecule has 1 N–H and O–H groups in total. The highest BCUT2D eigenvalue weighted by atomic mass is 14.9. The van der Waals surface area contributed by atoms with Gasteiger partial charge >= 0.3 is 0 Å². The number of aryl methyl sites for hydroxylation is 2. The second kappa shape index (κ2) is 3.81. The fourth-order valence-electron chi connectivity index (χ4n) is 2.82. The summed E-state index contributed by atoms with van der Waals surface area (Å²) in [6.07, 6.45) is 4.96. The van der Waals surface area contributed by atoms with Crippen molar-refractivity contribution in [3.8, 4) is 0 Å². The van der Waals surface area contributed by atoms with E-state index < -0.39 is 0 Å². The second-order valence-corrected chi connectivity index (χ2v) is 5.10. The first-order valence-corrected chi connectivity index (χ1v) is 6.31. The number of hydrogen-bond acceptors (Lipinski definition) is 3. The van der Waals surface area contributed by atoms with Crippen molar-refractivity contribution in [1.29, 1.82) is 0 Å². The van der Waals surface area contributed by atoms with Crippen LogP contribution in [0.2, 0.25) is 0 Å². The van der Waals surface area contributed by atoms with Gasteiger partial charge in [-0.1, -0.05) is 0 Å². The summed E-state index contributed by atoms with van der Waals surface area (Å²) in [5, 5.41) is 3.27. The van der Waals surface area contributed by atoms with Crippen LogP contribution in [0.4, 0.5) is 0 Å². The first-order chi connectivity index (χ1) is 7.79. The minimum absolute atomic E-state index is 0.633. The highest BCUT2D eigenvalue weighted by Gasteiger charge is 2.31. The van der Waals surface area contributed by atoms with E-state index in [2.05, 4.69) is 12.2 Å². The molecule has 1 unspecified atom stereocenters. The third kappa shape index (κ3) is 1.63. The first kappa shape index (κ1) is 10.2. The Hall–Kier alpha value is -0.960. The molecule has 0 spiro atoms. The van der Waals surface area contributed by atoms with Gasteiger partial charge in [0.1, 0.15) is 5.82 Å². The first-order valence-electron chi connectivity index (χ1n) is 6.31. The maximum Gasteiger partial charge on any atom is 0.131 e. The number of likely N-dealkylation sites (N-methyl/N-ethyl adjacent to an activating group) is 1. The predicted octanol–water partition coefficient (Wildman–Crippen LogP) is 1.91. The van der Waals surface area contributed by atoms with Crippen molar-refractivity contribution in [2.75, 3.05) is 13.6 Å². The number of aromatic nitrogens is 2. The van der Waals surface area contributed by atoms with Gasteiger partial charge in [0.15, 0.2) is 0 Å². The SMILES string of the molecule is CNCC1CCc2nc(C3CC3)nc(C)c21. The zero-order valence-electron chi connectivity index (χ0n) is 10.1. The molecule has 0 aromatic carbocycles. The number of fused-ring (bicyclic) bond motifs is 1. The van der Waals surface area contributed by atoms with E-state index in [9.17, 15) is 0 Å². The van der Waals surface area contributed by atoms with Gasteiger partial charge in [0, 0.05) is 29.8 Å². The average Bonchev–Trinajstić information content (AvgIpc) is 3.03. The Bertz CT molecular complexity index is 410. The lowest BCUT2D eigenvalue weighted by Crippen LogP contribution is -2.16. The molecule has 16 heavy (non-hydrogen) atoms. The quantitative estimate of drug-likeness (QED) is 0.840. The van der Waals surface area contributed by atoms with E-state index >= 15 is 0 Å². The van der Waals surface area contributed by atoms with Crippen molar-refractivity contribution in [1.82, 2.24) is 15.3 Å². The molecule has 86 valence electrons. The summed E-state index contributed by atoms with van der Waals surface area (Å²) < 4.78 is 0. The van der Waals surface area contributed by atoms with Crippen LogP contribution in [0, 0.1) is 6.92 Å². The van der Waals surface area contributed by atoms with E-state index in [4.69, 9.17) is 9.97 Å². The van der Waals surface area contributed by atoms with Crippen LogP contribution in [0.25, 0.3) is 0 Å². The second-order valence-electron chi connectivity index (χ2n) is 5.10. The molecule has 0 amide bonds. The fraction of sp³-hybridized carbons (Fsp3) is 0.692. The Morgan fingerprint density at radius 2 is 2.06 bits per heavy atom. The Balaban J connectivity index is 1.96. The van der Waals surface area contributed by atoms with Crippen LogP contribution in [-0.4, -0.2) is 23.6 Å². The van der Waals surface area contributed by atoms with Crippen LogP contribution >= 0.6 is 0 Å². The minimum Gasteiger partial charge on any atom is -0.319 e. The average molecular weight is 217 g/mol. The normalized spacial score (nSPS) is 23.5. The van der Waals surface area contributed by atoms with Crippen molar-refractivity contribution in [3.05, 3.63) is 22.8 Å². The third-order valence-electron chi connectivity index (χ3n) is 3.76. The predicted molar refractivity (Wildman–Crippen MR) is 63.7 cm³/mol. The molecule has 2 aliphatic rings. The van der Waals surface area contributed by atoms with E-state index in [0.717, 1.165) is 18.8 Å². The Kier molecular flexibility index (Phi) is 2.43. The molecule has 1 saturated carbocycles. The molecular formula is C13H19N3. The van der Waals surface area contributed by atoms with Gasteiger partial charge < -0.3 is 5.32 Å². The molecule has 3 nitrogen and oxygen atoms in total. The van der Waals surface area contributed by atoms with Gasteiger partial charge in [0.25, 0.3) is 0 Å². The lowest BCUT2D eigenvalue weighted by atomic mass is 10.0. The summed E-state index contributed by atoms with van der Waals surface area (Å²) in [6, 6.07) is 0. The molecule has 2 aliphatic carbocycles. The van der Waals surface area contributed by atoms with Crippen LogP contribution in [0.1, 0.15) is 53.9 Å². The third-order valence-corrected chi connectivity index (χ3v) is 3.76. The number of rotatable bonds is 3. The highest BCUT2D eigenvalue weighted by molar-refractivity contribution is 5.34. The summed E-state index contributed by atoms with van der Waals surface area (Å²) in [4.78, 5) is 9.47. The summed E-state index contributed by atoms with van der Waals surface area (Å²) in [5.41, 5.74) is 3.98. The topological polar surface area (TPSA) is 37.8 Å². The van der Waals surface area contributed by atoms with Gasteiger partial charge in [-0.15, -0.1) is 0 Å². The zero-order valence-corrected chi connectivity index (χ0v) is 10.1. The molecule has 1 aromatic heterocycles. The molecular weight excluding hydrogens is 198 g/mol. The standard InChI is InChI=1S/C13H19N3/c1-8-12-10(7-14-2)5-6-11(12)16-13(15-8)9-3-4-9/h9-10,14H,3-7H2,1-2H3. The monoisotopic (exact) mass is 217 g/mol. The molecule has 1 atom stereocenters. The summed E-state index contributed by atoms with van der Waals surface area (Å²) in [5.74, 6) is 2.42. The van der Waals surface area contributed by atoms with Crippen LogP contribution in [0.15, 0.2) is 0 Å². The highest BCUT2D eigenvalue weighted by Crippen LogP contribution is 2.40. The lowest BCUT2D eigenvalue weighted by Gasteiger charge is -2.13. The lowest BCUT2D eigenvalue weighted by molar-refractivity contribution is 0.619. The summed E-state index contributed by atoms with van der Waals surface area (Å²) in [6.45, 7) is 3.21. The Labute approximate surface area is 96.7 Å². The van der Waals surface area contributed by atoms with Crippen molar-refractivity contribution < 1.29 is 0 Å². The molecule has 3 heteroatoms. The molecule has 3 rings (SSSR count). The number of hydrogen-bond donors (Lipinski definition) is 1. The zero-order chi connectivity index (χ0) is 11.1. The van der Waals surface area contributed by atoms with Crippen molar-refractivity contribution in [2.45, 2.75) is 44.4 Å². The largest absolute Gasteiger partial charge is 0.319 e. The number of nitrogens with zero attached hydrogens (tertiary/aromatic N) is 2. The molecule has 1 aromatic rings.